The molecule has 0 bridgehead atoms. The number of carboxylic acid groups (broad SMARTS) is 1. The normalized spacial score (nSPS) is 14.4. The number of hydrogen-bond acceptors (Lipinski definition) is 6. The van der Waals surface area contributed by atoms with Gasteiger partial charge in [0.25, 0.3) is 5.91 Å². The lowest BCUT2D eigenvalue weighted by atomic mass is 10.00. The van der Waals surface area contributed by atoms with Crippen LogP contribution in [-0.2, 0) is 11.2 Å². The first-order valence-corrected chi connectivity index (χ1v) is 12.3. The van der Waals surface area contributed by atoms with Gasteiger partial charge in [-0.15, -0.1) is 0 Å². The van der Waals surface area contributed by atoms with Gasteiger partial charge < -0.3 is 30.3 Å². The minimum Gasteiger partial charge on any atom is -0.490 e. The molecule has 9 heteroatoms. The van der Waals surface area contributed by atoms with Gasteiger partial charge in [-0.2, -0.15) is 0 Å². The van der Waals surface area contributed by atoms with E-state index in [9.17, 15) is 9.59 Å². The van der Waals surface area contributed by atoms with Gasteiger partial charge in [-0.1, -0.05) is 24.3 Å². The van der Waals surface area contributed by atoms with Gasteiger partial charge in [0.15, 0.2) is 0 Å². The fraction of sp³-hybridized carbons (Fsp3) is 0.100. The van der Waals surface area contributed by atoms with E-state index in [0.29, 0.717) is 35.6 Å². The molecule has 5 aromatic rings. The number of anilines is 1. The maximum atomic E-state index is 12.6. The summed E-state index contributed by atoms with van der Waals surface area (Å²) in [5.41, 5.74) is 12.0. The second-order valence-corrected chi connectivity index (χ2v) is 9.32. The zero-order valence-electron chi connectivity index (χ0n) is 20.7. The van der Waals surface area contributed by atoms with E-state index < -0.39 is 5.97 Å². The van der Waals surface area contributed by atoms with Gasteiger partial charge in [0, 0.05) is 46.2 Å². The largest absolute Gasteiger partial charge is 0.490 e. The van der Waals surface area contributed by atoms with E-state index >= 15 is 0 Å². The highest BCUT2D eigenvalue weighted by molar-refractivity contribution is 6.35. The van der Waals surface area contributed by atoms with Crippen molar-refractivity contribution in [2.75, 3.05) is 11.9 Å². The number of carbonyl (C=O) groups excluding carboxylic acids is 1. The van der Waals surface area contributed by atoms with Crippen LogP contribution in [-0.4, -0.2) is 39.6 Å². The van der Waals surface area contributed by atoms with Crippen molar-refractivity contribution in [1.29, 1.82) is 0 Å². The van der Waals surface area contributed by atoms with Crippen LogP contribution >= 0.6 is 0 Å². The third-order valence-corrected chi connectivity index (χ3v) is 6.59. The number of hydrogen-bond donors (Lipinski definition) is 4. The molecular weight excluding hydrogens is 496 g/mol. The maximum Gasteiger partial charge on any atom is 0.371 e. The first-order valence-electron chi connectivity index (χ1n) is 12.3. The molecule has 0 radical (unpaired) electrons. The van der Waals surface area contributed by atoms with Crippen LogP contribution in [0.1, 0.15) is 27.4 Å². The summed E-state index contributed by atoms with van der Waals surface area (Å²) in [5.74, 6) is -0.805. The van der Waals surface area contributed by atoms with Crippen molar-refractivity contribution >= 4 is 40.1 Å². The zero-order chi connectivity index (χ0) is 26.9. The average molecular weight is 521 g/mol. The van der Waals surface area contributed by atoms with Gasteiger partial charge in [0.05, 0.1) is 11.8 Å². The van der Waals surface area contributed by atoms with Crippen LogP contribution in [0.25, 0.3) is 33.7 Å². The number of nitrogens with zero attached hydrogens (tertiary/aromatic N) is 1. The third kappa shape index (κ3) is 4.90. The van der Waals surface area contributed by atoms with E-state index in [2.05, 4.69) is 21.4 Å². The lowest BCUT2D eigenvalue weighted by Gasteiger charge is -2.13. The average Bonchev–Trinajstić information content (AvgIpc) is 3.66. The SMILES string of the molecule is NC(COc1cncc(-c2ccc3c(c2)C(=Cc2ccc(C(=O)O)o2)C(=O)N3)c1)Cc1c[nH]c2ccccc12. The number of H-pyrrole nitrogens is 1. The lowest BCUT2D eigenvalue weighted by molar-refractivity contribution is -0.110. The Labute approximate surface area is 222 Å². The van der Waals surface area contributed by atoms with Crippen LogP contribution in [0.15, 0.2) is 83.7 Å². The Morgan fingerprint density at radius 3 is 2.82 bits per heavy atom. The molecule has 0 saturated carbocycles. The fourth-order valence-electron chi connectivity index (χ4n) is 4.70. The molecule has 1 unspecified atom stereocenters. The molecule has 0 spiro atoms. The summed E-state index contributed by atoms with van der Waals surface area (Å²) < 4.78 is 11.3. The Morgan fingerprint density at radius 2 is 1.97 bits per heavy atom. The minimum atomic E-state index is -1.17. The number of aromatic amines is 1. The number of nitrogens with one attached hydrogen (secondary N) is 2. The Balaban J connectivity index is 1.18. The van der Waals surface area contributed by atoms with Gasteiger partial charge in [-0.05, 0) is 60.0 Å². The maximum absolute atomic E-state index is 12.6. The molecule has 5 N–H and O–H groups in total. The molecule has 1 aliphatic rings. The number of para-hydroxylation sites is 1. The molecule has 1 aliphatic heterocycles. The first kappa shape index (κ1) is 24.2. The number of rotatable bonds is 8. The molecule has 0 aliphatic carbocycles. The highest BCUT2D eigenvalue weighted by Gasteiger charge is 2.25. The molecule has 39 heavy (non-hydrogen) atoms. The fourth-order valence-corrected chi connectivity index (χ4v) is 4.70. The zero-order valence-corrected chi connectivity index (χ0v) is 20.7. The Morgan fingerprint density at radius 1 is 1.10 bits per heavy atom. The summed E-state index contributed by atoms with van der Waals surface area (Å²) >= 11 is 0. The Kier molecular flexibility index (Phi) is 6.18. The molecule has 6 rings (SSSR count). The van der Waals surface area contributed by atoms with E-state index in [1.54, 1.807) is 12.4 Å². The van der Waals surface area contributed by atoms with E-state index in [1.165, 1.54) is 18.2 Å². The monoisotopic (exact) mass is 520 g/mol. The highest BCUT2D eigenvalue weighted by Crippen LogP contribution is 2.37. The molecule has 2 aromatic carbocycles. The number of furan rings is 1. The predicted octanol–water partition coefficient (Wildman–Crippen LogP) is 4.96. The summed E-state index contributed by atoms with van der Waals surface area (Å²) in [5, 5.41) is 13.1. The molecule has 0 saturated heterocycles. The molecule has 4 heterocycles. The summed E-state index contributed by atoms with van der Waals surface area (Å²) in [6.07, 6.45) is 7.55. The second kappa shape index (κ2) is 9.96. The lowest BCUT2D eigenvalue weighted by Crippen LogP contribution is -2.30. The molecule has 1 atom stereocenters. The van der Waals surface area contributed by atoms with Gasteiger partial charge >= 0.3 is 5.97 Å². The molecule has 0 fully saturated rings. The molecule has 1 amide bonds. The van der Waals surface area contributed by atoms with Crippen LogP contribution in [0.3, 0.4) is 0 Å². The highest BCUT2D eigenvalue weighted by atomic mass is 16.5. The number of aromatic nitrogens is 2. The van der Waals surface area contributed by atoms with Crippen molar-refractivity contribution in [2.45, 2.75) is 12.5 Å². The number of amides is 1. The number of carbonyl (C=O) groups is 2. The van der Waals surface area contributed by atoms with Crippen molar-refractivity contribution in [2.24, 2.45) is 5.73 Å². The molecular formula is C30H24N4O5. The Bertz CT molecular complexity index is 1750. The van der Waals surface area contributed by atoms with Crippen molar-refractivity contribution in [3.8, 4) is 16.9 Å². The number of fused-ring (bicyclic) bond motifs is 2. The smallest absolute Gasteiger partial charge is 0.371 e. The summed E-state index contributed by atoms with van der Waals surface area (Å²) in [4.78, 5) is 31.4. The summed E-state index contributed by atoms with van der Waals surface area (Å²) in [6.45, 7) is 0.321. The van der Waals surface area contributed by atoms with Crippen LogP contribution < -0.4 is 15.8 Å². The summed E-state index contributed by atoms with van der Waals surface area (Å²) in [7, 11) is 0. The third-order valence-electron chi connectivity index (χ3n) is 6.59. The van der Waals surface area contributed by atoms with Crippen LogP contribution in [0.5, 0.6) is 5.75 Å². The van der Waals surface area contributed by atoms with Crippen molar-refractivity contribution < 1.29 is 23.8 Å². The van der Waals surface area contributed by atoms with Gasteiger partial charge in [0.1, 0.15) is 18.1 Å². The predicted molar refractivity (Wildman–Crippen MR) is 147 cm³/mol. The van der Waals surface area contributed by atoms with Gasteiger partial charge in [0.2, 0.25) is 5.76 Å². The number of ether oxygens (including phenoxy) is 1. The summed E-state index contributed by atoms with van der Waals surface area (Å²) in [6, 6.07) is 18.2. The van der Waals surface area contributed by atoms with Crippen LogP contribution in [0, 0.1) is 0 Å². The van der Waals surface area contributed by atoms with Crippen LogP contribution in [0.2, 0.25) is 0 Å². The minimum absolute atomic E-state index is 0.196. The number of benzene rings is 2. The van der Waals surface area contributed by atoms with Crippen molar-refractivity contribution in [3.63, 3.8) is 0 Å². The van der Waals surface area contributed by atoms with Crippen molar-refractivity contribution in [1.82, 2.24) is 9.97 Å². The van der Waals surface area contributed by atoms with Crippen molar-refractivity contribution in [3.05, 3.63) is 102 Å². The number of pyridine rings is 1. The van der Waals surface area contributed by atoms with Gasteiger partial charge in [-0.25, -0.2) is 4.79 Å². The number of aromatic carboxylic acids is 1. The van der Waals surface area contributed by atoms with Gasteiger partial charge in [-0.3, -0.25) is 9.78 Å². The first-order chi connectivity index (χ1) is 18.9. The van der Waals surface area contributed by atoms with E-state index in [4.69, 9.17) is 20.0 Å². The standard InChI is InChI=1S/C30H24N4O5/c31-20(9-19-14-33-26-4-2-1-3-23(19)26)16-38-22-10-18(13-32-15-22)17-5-7-27-24(11-17)25(29(35)34-27)12-21-6-8-28(39-21)30(36)37/h1-8,10-15,20,33H,9,16,31H2,(H,34,35)(H,36,37). The molecule has 3 aromatic heterocycles. The van der Waals surface area contributed by atoms with E-state index in [1.807, 2.05) is 48.7 Å². The molecule has 9 nitrogen and oxygen atoms in total. The van der Waals surface area contributed by atoms with E-state index in [-0.39, 0.29) is 23.5 Å². The number of carboxylic acids is 1. The second-order valence-electron chi connectivity index (χ2n) is 9.32. The number of nitrogens with two attached hydrogens (primary N) is 1. The quantitative estimate of drug-likeness (QED) is 0.212. The molecule has 194 valence electrons. The topological polar surface area (TPSA) is 143 Å². The van der Waals surface area contributed by atoms with E-state index in [0.717, 1.165) is 27.6 Å². The van der Waals surface area contributed by atoms with Crippen LogP contribution in [0.4, 0.5) is 5.69 Å². The Hall–Kier alpha value is -5.15.